The van der Waals surface area contributed by atoms with Crippen molar-refractivity contribution in [3.05, 3.63) is 47.2 Å². The van der Waals surface area contributed by atoms with Crippen LogP contribution in [0.4, 0.5) is 0 Å². The van der Waals surface area contributed by atoms with Crippen LogP contribution in [0, 0.1) is 5.92 Å². The zero-order valence-corrected chi connectivity index (χ0v) is 14.7. The second-order valence-electron chi connectivity index (χ2n) is 5.86. The van der Waals surface area contributed by atoms with Gasteiger partial charge in [-0.25, -0.2) is 4.79 Å². The highest BCUT2D eigenvalue weighted by Gasteiger charge is 2.44. The number of esters is 2. The Hall–Kier alpha value is -2.30. The summed E-state index contributed by atoms with van der Waals surface area (Å²) in [5.74, 6) is -1.57. The molecule has 1 heterocycles. The van der Waals surface area contributed by atoms with E-state index in [4.69, 9.17) is 9.47 Å². The molecular weight excluding hydrogens is 306 g/mol. The number of carbonyl (C=O) groups is 2. The molecule has 1 aromatic carbocycles. The van der Waals surface area contributed by atoms with Crippen molar-refractivity contribution in [3.63, 3.8) is 0 Å². The van der Waals surface area contributed by atoms with Gasteiger partial charge < -0.3 is 14.8 Å². The molecule has 3 unspecified atom stereocenters. The Morgan fingerprint density at radius 1 is 1.08 bits per heavy atom. The van der Waals surface area contributed by atoms with Gasteiger partial charge in [-0.2, -0.15) is 0 Å². The molecule has 1 aromatic rings. The van der Waals surface area contributed by atoms with Crippen LogP contribution in [0.5, 0.6) is 0 Å². The van der Waals surface area contributed by atoms with Crippen molar-refractivity contribution in [3.8, 4) is 0 Å². The molecule has 3 atom stereocenters. The van der Waals surface area contributed by atoms with E-state index >= 15 is 0 Å². The number of ether oxygens (including phenoxy) is 2. The molecule has 0 fully saturated rings. The molecule has 0 amide bonds. The minimum atomic E-state index is -0.490. The van der Waals surface area contributed by atoms with E-state index in [-0.39, 0.29) is 24.5 Å². The topological polar surface area (TPSA) is 64.6 Å². The maximum atomic E-state index is 12.6. The Labute approximate surface area is 143 Å². The zero-order chi connectivity index (χ0) is 17.7. The predicted molar refractivity (Wildman–Crippen MR) is 91.2 cm³/mol. The molecule has 5 heteroatoms. The lowest BCUT2D eigenvalue weighted by Gasteiger charge is -2.38. The third kappa shape index (κ3) is 3.61. The molecule has 0 spiro atoms. The average molecular weight is 331 g/mol. The summed E-state index contributed by atoms with van der Waals surface area (Å²) in [6.45, 7) is 7.93. The van der Waals surface area contributed by atoms with Crippen LogP contribution in [0.3, 0.4) is 0 Å². The van der Waals surface area contributed by atoms with Crippen LogP contribution in [0.1, 0.15) is 39.2 Å². The Bertz CT molecular complexity index is 624. The van der Waals surface area contributed by atoms with Gasteiger partial charge in [0.15, 0.2) is 0 Å². The van der Waals surface area contributed by atoms with E-state index in [1.165, 1.54) is 0 Å². The number of carbonyl (C=O) groups excluding carboxylic acids is 2. The molecule has 0 aliphatic carbocycles. The minimum Gasteiger partial charge on any atom is -0.466 e. The van der Waals surface area contributed by atoms with Gasteiger partial charge in [0.05, 0.1) is 24.7 Å². The quantitative estimate of drug-likeness (QED) is 0.841. The molecule has 0 radical (unpaired) electrons. The number of nitrogens with one attached hydrogen (secondary N) is 1. The first-order valence-electron chi connectivity index (χ1n) is 8.37. The van der Waals surface area contributed by atoms with Gasteiger partial charge in [-0.15, -0.1) is 0 Å². The average Bonchev–Trinajstić information content (AvgIpc) is 2.55. The predicted octanol–water partition coefficient (Wildman–Crippen LogP) is 2.78. The van der Waals surface area contributed by atoms with E-state index in [0.717, 1.165) is 11.3 Å². The summed E-state index contributed by atoms with van der Waals surface area (Å²) in [7, 11) is 0. The summed E-state index contributed by atoms with van der Waals surface area (Å²) in [5, 5.41) is 3.24. The third-order valence-electron chi connectivity index (χ3n) is 4.27. The molecule has 1 aliphatic rings. The molecule has 1 aliphatic heterocycles. The van der Waals surface area contributed by atoms with Crippen LogP contribution >= 0.6 is 0 Å². The SMILES string of the molecule is CCOC(=O)C1=C(C)NC(C)C(C(=O)OCC)C1c1ccccc1. The fourth-order valence-electron chi connectivity index (χ4n) is 3.31. The number of hydrogen-bond donors (Lipinski definition) is 1. The monoisotopic (exact) mass is 331 g/mol. The van der Waals surface area contributed by atoms with Crippen molar-refractivity contribution in [1.29, 1.82) is 0 Å². The summed E-state index contributed by atoms with van der Waals surface area (Å²) in [6, 6.07) is 9.44. The first-order chi connectivity index (χ1) is 11.5. The second-order valence-corrected chi connectivity index (χ2v) is 5.86. The Morgan fingerprint density at radius 3 is 2.29 bits per heavy atom. The largest absolute Gasteiger partial charge is 0.466 e. The Morgan fingerprint density at radius 2 is 1.71 bits per heavy atom. The van der Waals surface area contributed by atoms with E-state index in [1.54, 1.807) is 13.8 Å². The lowest BCUT2D eigenvalue weighted by Crippen LogP contribution is -2.47. The first kappa shape index (κ1) is 18.0. The van der Waals surface area contributed by atoms with Crippen molar-refractivity contribution in [2.45, 2.75) is 39.7 Å². The van der Waals surface area contributed by atoms with Gasteiger partial charge in [0.1, 0.15) is 0 Å². The molecule has 130 valence electrons. The second kappa shape index (κ2) is 7.99. The van der Waals surface area contributed by atoms with Gasteiger partial charge in [0, 0.05) is 17.7 Å². The van der Waals surface area contributed by atoms with E-state index in [1.807, 2.05) is 44.2 Å². The van der Waals surface area contributed by atoms with Gasteiger partial charge in [-0.1, -0.05) is 30.3 Å². The number of allylic oxidation sites excluding steroid dienone is 1. The molecule has 0 bridgehead atoms. The van der Waals surface area contributed by atoms with Gasteiger partial charge in [0.25, 0.3) is 0 Å². The highest BCUT2D eigenvalue weighted by molar-refractivity contribution is 5.93. The van der Waals surface area contributed by atoms with Crippen LogP contribution in [0.25, 0.3) is 0 Å². The van der Waals surface area contributed by atoms with Crippen molar-refractivity contribution >= 4 is 11.9 Å². The summed E-state index contributed by atoms with van der Waals surface area (Å²) in [4.78, 5) is 25.1. The molecule has 1 N–H and O–H groups in total. The van der Waals surface area contributed by atoms with Crippen LogP contribution in [0.2, 0.25) is 0 Å². The van der Waals surface area contributed by atoms with Gasteiger partial charge in [-0.05, 0) is 33.3 Å². The van der Waals surface area contributed by atoms with Crippen LogP contribution in [-0.2, 0) is 19.1 Å². The maximum Gasteiger partial charge on any atom is 0.336 e. The van der Waals surface area contributed by atoms with Crippen LogP contribution in [0.15, 0.2) is 41.6 Å². The molecule has 0 aromatic heterocycles. The van der Waals surface area contributed by atoms with Gasteiger partial charge >= 0.3 is 11.9 Å². The van der Waals surface area contributed by atoms with Gasteiger partial charge in [0.2, 0.25) is 0 Å². The molecule has 0 saturated heterocycles. The number of rotatable bonds is 5. The van der Waals surface area contributed by atoms with E-state index in [9.17, 15) is 9.59 Å². The lowest BCUT2D eigenvalue weighted by atomic mass is 9.74. The first-order valence-corrected chi connectivity index (χ1v) is 8.37. The Kier molecular flexibility index (Phi) is 6.01. The fraction of sp³-hybridized carbons (Fsp3) is 0.474. The standard InChI is InChI=1S/C19H25NO4/c1-5-23-18(21)15-12(3)20-13(4)16(19(22)24-6-2)17(15)14-10-8-7-9-11-14/h7-12,15,17,20H,5-6H2,1-4H3. The summed E-state index contributed by atoms with van der Waals surface area (Å²) < 4.78 is 10.5. The Balaban J connectivity index is 2.55. The summed E-state index contributed by atoms with van der Waals surface area (Å²) in [6.07, 6.45) is 0. The van der Waals surface area contributed by atoms with Crippen LogP contribution < -0.4 is 5.32 Å². The molecule has 5 nitrogen and oxygen atoms in total. The highest BCUT2D eigenvalue weighted by Crippen LogP contribution is 2.40. The van der Waals surface area contributed by atoms with Crippen molar-refractivity contribution in [2.24, 2.45) is 5.92 Å². The van der Waals surface area contributed by atoms with E-state index in [0.29, 0.717) is 12.2 Å². The van der Waals surface area contributed by atoms with E-state index < -0.39 is 11.9 Å². The number of benzene rings is 1. The van der Waals surface area contributed by atoms with E-state index in [2.05, 4.69) is 5.32 Å². The molecule has 24 heavy (non-hydrogen) atoms. The maximum absolute atomic E-state index is 12.6. The van der Waals surface area contributed by atoms with Crippen molar-refractivity contribution < 1.29 is 19.1 Å². The van der Waals surface area contributed by atoms with Crippen LogP contribution in [-0.4, -0.2) is 31.2 Å². The third-order valence-corrected chi connectivity index (χ3v) is 4.27. The zero-order valence-electron chi connectivity index (χ0n) is 14.7. The van der Waals surface area contributed by atoms with Crippen molar-refractivity contribution in [2.75, 3.05) is 13.2 Å². The van der Waals surface area contributed by atoms with Crippen molar-refractivity contribution in [1.82, 2.24) is 5.32 Å². The molecule has 0 saturated carbocycles. The normalized spacial score (nSPS) is 23.4. The molecule has 2 rings (SSSR count). The summed E-state index contributed by atoms with van der Waals surface area (Å²) in [5.41, 5.74) is 2.15. The fourth-order valence-corrected chi connectivity index (χ4v) is 3.31. The smallest absolute Gasteiger partial charge is 0.336 e. The lowest BCUT2D eigenvalue weighted by molar-refractivity contribution is -0.150. The molecular formula is C19H25NO4. The summed E-state index contributed by atoms with van der Waals surface area (Å²) >= 11 is 0. The van der Waals surface area contributed by atoms with Gasteiger partial charge in [-0.3, -0.25) is 4.79 Å². The minimum absolute atomic E-state index is 0.146. The number of hydrogen-bond acceptors (Lipinski definition) is 5. The highest BCUT2D eigenvalue weighted by atomic mass is 16.5.